The fraction of sp³-hybridized carbons (Fsp3) is 0.381. The predicted molar refractivity (Wildman–Crippen MR) is 126 cm³/mol. The summed E-state index contributed by atoms with van der Waals surface area (Å²) in [6, 6.07) is 6.57. The van der Waals surface area contributed by atoms with Crippen LogP contribution < -0.4 is 15.9 Å². The van der Waals surface area contributed by atoms with E-state index in [4.69, 9.17) is 0 Å². The van der Waals surface area contributed by atoms with E-state index in [2.05, 4.69) is 25.6 Å². The summed E-state index contributed by atoms with van der Waals surface area (Å²) in [4.78, 5) is 34.0. The molecule has 2 atom stereocenters. The molecular weight excluding hydrogens is 465 g/mol. The van der Waals surface area contributed by atoms with Crippen LogP contribution in [-0.4, -0.2) is 52.7 Å². The van der Waals surface area contributed by atoms with E-state index in [1.807, 2.05) is 0 Å². The molecule has 1 aliphatic carbocycles. The van der Waals surface area contributed by atoms with Crippen molar-refractivity contribution in [3.05, 3.63) is 41.9 Å². The molecule has 1 aromatic carbocycles. The van der Waals surface area contributed by atoms with Crippen molar-refractivity contribution in [2.45, 2.75) is 25.7 Å². The van der Waals surface area contributed by atoms with Gasteiger partial charge in [0.05, 0.1) is 11.1 Å². The second kappa shape index (κ2) is 9.54. The number of nitrogens with zero attached hydrogens (tertiary/aromatic N) is 2. The summed E-state index contributed by atoms with van der Waals surface area (Å²) >= 11 is 0. The zero-order chi connectivity index (χ0) is 23.6. The molecule has 1 aliphatic rings. The van der Waals surface area contributed by atoms with Crippen molar-refractivity contribution in [2.75, 3.05) is 23.9 Å². The van der Waals surface area contributed by atoms with E-state index in [0.717, 1.165) is 16.6 Å². The van der Waals surface area contributed by atoms with Gasteiger partial charge in [-0.25, -0.2) is 18.4 Å². The number of benzene rings is 1. The number of aryl methyl sites for hydroxylation is 1. The second-order valence-corrected chi connectivity index (χ2v) is 11.5. The van der Waals surface area contributed by atoms with Gasteiger partial charge in [-0.05, 0) is 60.1 Å². The number of H-pyrrole nitrogens is 1. The number of amides is 1. The third-order valence-electron chi connectivity index (χ3n) is 5.69. The molecule has 0 saturated heterocycles. The highest BCUT2D eigenvalue weighted by atomic mass is 32.2. The fourth-order valence-corrected chi connectivity index (χ4v) is 5.13. The zero-order valence-electron chi connectivity index (χ0n) is 18.0. The Morgan fingerprint density at radius 1 is 1.27 bits per heavy atom. The molecule has 12 heteroatoms. The Labute approximate surface area is 192 Å². The minimum Gasteiger partial charge on any atom is -0.356 e. The van der Waals surface area contributed by atoms with Crippen LogP contribution in [0.3, 0.4) is 0 Å². The molecule has 1 amide bonds. The SMILES string of the molecule is CS(=O)(=O)CCCNC(=O)C1CCc2[nH]c3ncnc(Nc4ccc([P+](=O)O)cc4)c3c2C1. The van der Waals surface area contributed by atoms with Crippen LogP contribution in [0.15, 0.2) is 30.6 Å². The summed E-state index contributed by atoms with van der Waals surface area (Å²) in [5.74, 6) is 0.339. The molecule has 0 radical (unpaired) electrons. The van der Waals surface area contributed by atoms with Crippen molar-refractivity contribution >= 4 is 51.6 Å². The van der Waals surface area contributed by atoms with Gasteiger partial charge < -0.3 is 15.6 Å². The Morgan fingerprint density at radius 3 is 2.73 bits per heavy atom. The number of aromatic amines is 1. The second-order valence-electron chi connectivity index (χ2n) is 8.19. The van der Waals surface area contributed by atoms with Gasteiger partial charge in [-0.3, -0.25) is 4.79 Å². The van der Waals surface area contributed by atoms with Crippen LogP contribution in [-0.2, 0) is 32.0 Å². The summed E-state index contributed by atoms with van der Waals surface area (Å²) in [5.41, 5.74) is 3.41. The van der Waals surface area contributed by atoms with E-state index in [9.17, 15) is 22.7 Å². The first-order valence-corrected chi connectivity index (χ1v) is 13.8. The van der Waals surface area contributed by atoms with Crippen LogP contribution in [0, 0.1) is 5.92 Å². The van der Waals surface area contributed by atoms with Gasteiger partial charge in [0.25, 0.3) is 0 Å². The van der Waals surface area contributed by atoms with Crippen molar-refractivity contribution in [2.24, 2.45) is 5.92 Å². The smallest absolute Gasteiger partial charge is 0.356 e. The first-order valence-electron chi connectivity index (χ1n) is 10.5. The molecular formula is C21H25N5O5PS+. The maximum atomic E-state index is 12.7. The number of carbonyl (C=O) groups is 1. The maximum absolute atomic E-state index is 12.7. The van der Waals surface area contributed by atoms with Crippen LogP contribution in [0.1, 0.15) is 24.1 Å². The average molecular weight is 491 g/mol. The molecule has 10 nitrogen and oxygen atoms in total. The summed E-state index contributed by atoms with van der Waals surface area (Å²) in [5, 5.41) is 7.26. The monoisotopic (exact) mass is 490 g/mol. The normalized spacial score (nSPS) is 16.3. The number of anilines is 2. The number of carbonyl (C=O) groups excluding carboxylic acids is 1. The predicted octanol–water partition coefficient (Wildman–Crippen LogP) is 1.72. The molecule has 0 aliphatic heterocycles. The lowest BCUT2D eigenvalue weighted by atomic mass is 9.86. The van der Waals surface area contributed by atoms with Crippen LogP contribution in [0.5, 0.6) is 0 Å². The van der Waals surface area contributed by atoms with Gasteiger partial charge in [0.2, 0.25) is 11.2 Å². The highest BCUT2D eigenvalue weighted by molar-refractivity contribution is 7.90. The van der Waals surface area contributed by atoms with Gasteiger partial charge in [0.15, 0.2) is 0 Å². The minimum absolute atomic E-state index is 0.0483. The third-order valence-corrected chi connectivity index (χ3v) is 7.46. The molecule has 0 saturated carbocycles. The average Bonchev–Trinajstić information content (AvgIpc) is 3.15. The molecule has 2 aromatic heterocycles. The molecule has 4 rings (SSSR count). The zero-order valence-corrected chi connectivity index (χ0v) is 19.7. The number of rotatable bonds is 8. The van der Waals surface area contributed by atoms with Crippen molar-refractivity contribution in [1.29, 1.82) is 0 Å². The molecule has 2 heterocycles. The van der Waals surface area contributed by atoms with Crippen molar-refractivity contribution in [1.82, 2.24) is 20.3 Å². The van der Waals surface area contributed by atoms with E-state index in [0.29, 0.717) is 54.7 Å². The highest BCUT2D eigenvalue weighted by Gasteiger charge is 2.29. The van der Waals surface area contributed by atoms with Crippen molar-refractivity contribution < 1.29 is 22.7 Å². The van der Waals surface area contributed by atoms with Crippen molar-refractivity contribution in [3.8, 4) is 0 Å². The van der Waals surface area contributed by atoms with Gasteiger partial charge in [-0.2, -0.15) is 4.89 Å². The lowest BCUT2D eigenvalue weighted by molar-refractivity contribution is -0.125. The molecule has 2 unspecified atom stereocenters. The number of nitrogens with one attached hydrogen (secondary N) is 3. The summed E-state index contributed by atoms with van der Waals surface area (Å²) in [6.45, 7) is 0.328. The van der Waals surface area contributed by atoms with E-state index in [1.165, 1.54) is 12.6 Å². The Kier molecular flexibility index (Phi) is 6.73. The number of hydrogen-bond acceptors (Lipinski definition) is 7. The highest BCUT2D eigenvalue weighted by Crippen LogP contribution is 2.35. The number of sulfone groups is 1. The van der Waals surface area contributed by atoms with E-state index >= 15 is 0 Å². The Balaban J connectivity index is 1.51. The van der Waals surface area contributed by atoms with Crippen LogP contribution >= 0.6 is 8.03 Å². The Bertz CT molecular complexity index is 1310. The minimum atomic E-state index is -3.04. The molecule has 0 fully saturated rings. The number of hydrogen-bond donors (Lipinski definition) is 4. The van der Waals surface area contributed by atoms with E-state index in [-0.39, 0.29) is 17.6 Å². The Hall–Kier alpha value is -2.88. The number of fused-ring (bicyclic) bond motifs is 3. The van der Waals surface area contributed by atoms with Gasteiger partial charge in [-0.15, -0.1) is 0 Å². The molecule has 3 aromatic rings. The molecule has 33 heavy (non-hydrogen) atoms. The molecule has 4 N–H and O–H groups in total. The van der Waals surface area contributed by atoms with Crippen LogP contribution in [0.4, 0.5) is 11.5 Å². The number of aromatic nitrogens is 3. The topological polar surface area (TPSA) is 154 Å². The van der Waals surface area contributed by atoms with E-state index in [1.54, 1.807) is 24.3 Å². The first kappa shape index (κ1) is 23.3. The lowest BCUT2D eigenvalue weighted by Gasteiger charge is -2.22. The molecule has 0 spiro atoms. The summed E-state index contributed by atoms with van der Waals surface area (Å²) in [7, 11) is -5.44. The quantitative estimate of drug-likeness (QED) is 0.275. The van der Waals surface area contributed by atoms with Gasteiger partial charge >= 0.3 is 8.03 Å². The molecule has 0 bridgehead atoms. The van der Waals surface area contributed by atoms with Gasteiger partial charge in [0, 0.05) is 30.1 Å². The summed E-state index contributed by atoms with van der Waals surface area (Å²) in [6.07, 6.45) is 4.95. The fourth-order valence-electron chi connectivity index (χ4n) is 4.06. The largest absolute Gasteiger partial charge is 0.546 e. The summed E-state index contributed by atoms with van der Waals surface area (Å²) < 4.78 is 33.7. The molecule has 174 valence electrons. The Morgan fingerprint density at radius 2 is 2.03 bits per heavy atom. The van der Waals surface area contributed by atoms with Crippen molar-refractivity contribution in [3.63, 3.8) is 0 Å². The van der Waals surface area contributed by atoms with Crippen LogP contribution in [0.25, 0.3) is 11.0 Å². The van der Waals surface area contributed by atoms with Crippen LogP contribution in [0.2, 0.25) is 0 Å². The first-order chi connectivity index (χ1) is 15.7. The van der Waals surface area contributed by atoms with Gasteiger partial charge in [0.1, 0.15) is 27.6 Å². The lowest BCUT2D eigenvalue weighted by Crippen LogP contribution is -2.35. The third kappa shape index (κ3) is 5.55. The van der Waals surface area contributed by atoms with E-state index < -0.39 is 17.9 Å². The van der Waals surface area contributed by atoms with Gasteiger partial charge in [-0.1, -0.05) is 0 Å². The maximum Gasteiger partial charge on any atom is 0.546 e. The standard InChI is InChI=1S/C21H24N5O5PS/c1-33(30,31)10-2-9-22-21(27)13-3-8-17-16(11-13)18-19(23-12-24-20(18)26-17)25-14-4-6-15(7-5-14)32(28)29/h4-7,12-13H,2-3,8-11H2,1H3,(H3-,22,23,24,25,26,27,28,29)/p+1.